The number of nitrogens with one attached hydrogen (secondary N) is 1. The Balaban J connectivity index is 1.50. The van der Waals surface area contributed by atoms with Gasteiger partial charge in [-0.1, -0.05) is 6.07 Å². The van der Waals surface area contributed by atoms with Crippen molar-refractivity contribution in [2.75, 3.05) is 19.5 Å². The van der Waals surface area contributed by atoms with E-state index < -0.39 is 0 Å². The van der Waals surface area contributed by atoms with Crippen LogP contribution < -0.4 is 25.1 Å². The van der Waals surface area contributed by atoms with Crippen LogP contribution in [0.2, 0.25) is 0 Å². The average Bonchev–Trinajstić information content (AvgIpc) is 3.19. The van der Waals surface area contributed by atoms with Gasteiger partial charge in [0.25, 0.3) is 11.5 Å². The number of methoxy groups -OCH3 is 2. The Morgan fingerprint density at radius 3 is 2.55 bits per heavy atom. The highest BCUT2D eigenvalue weighted by Crippen LogP contribution is 2.28. The van der Waals surface area contributed by atoms with Gasteiger partial charge in [-0.25, -0.2) is 4.98 Å². The normalized spacial score (nSPS) is 10.8. The molecular weight excluding hydrogens is 426 g/mol. The van der Waals surface area contributed by atoms with E-state index in [2.05, 4.69) is 10.3 Å². The number of aromatic nitrogens is 2. The standard InChI is InChI=1S/C24H23N3O6/c1-14-5-7-17(26-24(29)16-6-8-19(30-3)21(10-16)31-4)11-20(14)32-13-18-12-23(28)27-22(25-18)9-15(2)33-27/h5-12H,13H2,1-4H3,(H,26,29). The second kappa shape index (κ2) is 9.07. The van der Waals surface area contributed by atoms with Crippen molar-refractivity contribution in [3.8, 4) is 17.2 Å². The van der Waals surface area contributed by atoms with Gasteiger partial charge in [0.05, 0.1) is 19.9 Å². The van der Waals surface area contributed by atoms with Gasteiger partial charge in [-0.15, -0.1) is 4.57 Å². The Kier molecular flexibility index (Phi) is 6.03. The predicted octanol–water partition coefficient (Wildman–Crippen LogP) is 3.75. The molecule has 0 aliphatic rings. The smallest absolute Gasteiger partial charge is 0.287 e. The maximum atomic E-state index is 12.7. The van der Waals surface area contributed by atoms with Crippen LogP contribution in [0.25, 0.3) is 5.65 Å². The average molecular weight is 449 g/mol. The molecule has 1 amide bonds. The predicted molar refractivity (Wildman–Crippen MR) is 121 cm³/mol. The lowest BCUT2D eigenvalue weighted by atomic mass is 10.1. The summed E-state index contributed by atoms with van der Waals surface area (Å²) >= 11 is 0. The van der Waals surface area contributed by atoms with Crippen molar-refractivity contribution in [3.05, 3.63) is 81.5 Å². The Morgan fingerprint density at radius 1 is 1.00 bits per heavy atom. The van der Waals surface area contributed by atoms with Gasteiger partial charge in [-0.2, -0.15) is 0 Å². The number of amides is 1. The van der Waals surface area contributed by atoms with Gasteiger partial charge in [-0.05, 0) is 43.7 Å². The van der Waals surface area contributed by atoms with Gasteiger partial charge in [0.1, 0.15) is 18.1 Å². The summed E-state index contributed by atoms with van der Waals surface area (Å²) in [7, 11) is 3.05. The number of carbonyl (C=O) groups excluding carboxylic acids is 1. The van der Waals surface area contributed by atoms with Crippen molar-refractivity contribution in [1.82, 2.24) is 9.56 Å². The second-order valence-corrected chi connectivity index (χ2v) is 7.38. The monoisotopic (exact) mass is 449 g/mol. The van der Waals surface area contributed by atoms with E-state index in [1.807, 2.05) is 13.0 Å². The number of aryl methyl sites for hydroxylation is 2. The van der Waals surface area contributed by atoms with Crippen molar-refractivity contribution >= 4 is 17.2 Å². The van der Waals surface area contributed by atoms with Crippen LogP contribution in [-0.2, 0) is 6.61 Å². The molecule has 9 heteroatoms. The molecule has 0 radical (unpaired) electrons. The third kappa shape index (κ3) is 4.67. The van der Waals surface area contributed by atoms with E-state index in [0.717, 1.165) is 10.1 Å². The first kappa shape index (κ1) is 21.9. The number of fused-ring (bicyclic) bond motifs is 1. The first-order valence-electron chi connectivity index (χ1n) is 10.1. The molecule has 2 heterocycles. The molecule has 9 nitrogen and oxygen atoms in total. The largest absolute Gasteiger partial charge is 0.493 e. The fourth-order valence-electron chi connectivity index (χ4n) is 3.31. The van der Waals surface area contributed by atoms with E-state index in [9.17, 15) is 9.59 Å². The third-order valence-corrected chi connectivity index (χ3v) is 4.99. The number of benzene rings is 2. The zero-order valence-corrected chi connectivity index (χ0v) is 18.7. The number of hydrogen-bond acceptors (Lipinski definition) is 7. The Labute approximate surface area is 189 Å². The number of nitrogens with zero attached hydrogens (tertiary/aromatic N) is 2. The molecule has 1 N–H and O–H groups in total. The Hall–Kier alpha value is -4.27. The van der Waals surface area contributed by atoms with Crippen LogP contribution in [0.4, 0.5) is 5.69 Å². The second-order valence-electron chi connectivity index (χ2n) is 7.38. The molecule has 0 saturated heterocycles. The zero-order valence-electron chi connectivity index (χ0n) is 18.7. The summed E-state index contributed by atoms with van der Waals surface area (Å²) in [4.78, 5) is 29.3. The van der Waals surface area contributed by atoms with Gasteiger partial charge in [0, 0.05) is 29.4 Å². The Morgan fingerprint density at radius 2 is 1.79 bits per heavy atom. The van der Waals surface area contributed by atoms with Crippen molar-refractivity contribution in [1.29, 1.82) is 0 Å². The molecule has 0 aliphatic heterocycles. The minimum Gasteiger partial charge on any atom is -0.493 e. The van der Waals surface area contributed by atoms with Crippen molar-refractivity contribution in [2.24, 2.45) is 0 Å². The minimum absolute atomic E-state index is 0.0872. The quantitative estimate of drug-likeness (QED) is 0.458. The van der Waals surface area contributed by atoms with Crippen molar-refractivity contribution in [3.63, 3.8) is 0 Å². The van der Waals surface area contributed by atoms with Crippen LogP contribution in [-0.4, -0.2) is 29.7 Å². The van der Waals surface area contributed by atoms with Crippen LogP contribution in [0.5, 0.6) is 17.2 Å². The summed E-state index contributed by atoms with van der Waals surface area (Å²) in [6.45, 7) is 3.72. The van der Waals surface area contributed by atoms with Gasteiger partial charge in [-0.3, -0.25) is 9.59 Å². The molecular formula is C24H23N3O6. The van der Waals surface area contributed by atoms with E-state index in [1.165, 1.54) is 20.3 Å². The summed E-state index contributed by atoms with van der Waals surface area (Å²) in [5.41, 5.74) is 2.43. The third-order valence-electron chi connectivity index (χ3n) is 4.99. The lowest BCUT2D eigenvalue weighted by Gasteiger charge is -2.13. The maximum absolute atomic E-state index is 12.7. The van der Waals surface area contributed by atoms with Crippen LogP contribution in [0.1, 0.15) is 27.4 Å². The number of rotatable bonds is 7. The van der Waals surface area contributed by atoms with Crippen LogP contribution in [0.3, 0.4) is 0 Å². The van der Waals surface area contributed by atoms with E-state index in [0.29, 0.717) is 45.6 Å². The first-order chi connectivity index (χ1) is 15.9. The van der Waals surface area contributed by atoms with E-state index in [4.69, 9.17) is 18.7 Å². The molecule has 0 spiro atoms. The molecule has 2 aromatic carbocycles. The number of anilines is 1. The molecule has 0 bridgehead atoms. The topological polar surface area (TPSA) is 104 Å². The van der Waals surface area contributed by atoms with Crippen molar-refractivity contribution < 1.29 is 23.5 Å². The molecule has 33 heavy (non-hydrogen) atoms. The lowest BCUT2D eigenvalue weighted by molar-refractivity contribution is 0.102. The van der Waals surface area contributed by atoms with Crippen LogP contribution in [0.15, 0.2) is 57.8 Å². The van der Waals surface area contributed by atoms with Gasteiger partial charge < -0.3 is 24.1 Å². The lowest BCUT2D eigenvalue weighted by Crippen LogP contribution is -2.14. The SMILES string of the molecule is COc1ccc(C(=O)Nc2ccc(C)c(OCc3cc(=O)n4oc(C)cc4n3)c2)cc1OC. The van der Waals surface area contributed by atoms with Gasteiger partial charge >= 0.3 is 0 Å². The molecule has 170 valence electrons. The summed E-state index contributed by atoms with van der Waals surface area (Å²) < 4.78 is 22.8. The summed E-state index contributed by atoms with van der Waals surface area (Å²) in [5.74, 6) is 1.85. The molecule has 4 rings (SSSR count). The maximum Gasteiger partial charge on any atom is 0.287 e. The van der Waals surface area contributed by atoms with Crippen LogP contribution >= 0.6 is 0 Å². The number of carbonyl (C=O) groups is 1. The fraction of sp³-hybridized carbons (Fsp3) is 0.208. The highest BCUT2D eigenvalue weighted by Gasteiger charge is 2.13. The fourth-order valence-corrected chi connectivity index (χ4v) is 3.31. The summed E-state index contributed by atoms with van der Waals surface area (Å²) in [6, 6.07) is 13.3. The molecule has 0 fully saturated rings. The summed E-state index contributed by atoms with van der Waals surface area (Å²) in [6.07, 6.45) is 0. The van der Waals surface area contributed by atoms with E-state index in [-0.39, 0.29) is 18.1 Å². The first-order valence-corrected chi connectivity index (χ1v) is 10.1. The zero-order chi connectivity index (χ0) is 23.5. The van der Waals surface area contributed by atoms with E-state index in [1.54, 1.807) is 43.3 Å². The highest BCUT2D eigenvalue weighted by molar-refractivity contribution is 6.04. The minimum atomic E-state index is -0.320. The summed E-state index contributed by atoms with van der Waals surface area (Å²) in [5, 5.41) is 2.85. The van der Waals surface area contributed by atoms with Crippen LogP contribution in [0, 0.1) is 13.8 Å². The van der Waals surface area contributed by atoms with E-state index >= 15 is 0 Å². The van der Waals surface area contributed by atoms with Gasteiger partial charge in [0.2, 0.25) is 0 Å². The Bertz CT molecular complexity index is 1390. The number of ether oxygens (including phenoxy) is 3. The molecule has 4 aromatic rings. The van der Waals surface area contributed by atoms with Gasteiger partial charge in [0.15, 0.2) is 17.1 Å². The molecule has 0 unspecified atom stereocenters. The highest BCUT2D eigenvalue weighted by atomic mass is 16.5. The molecule has 0 atom stereocenters. The molecule has 0 saturated carbocycles. The molecule has 2 aromatic heterocycles. The number of hydrogen-bond donors (Lipinski definition) is 1. The molecule has 0 aliphatic carbocycles. The van der Waals surface area contributed by atoms with Crippen molar-refractivity contribution in [2.45, 2.75) is 20.5 Å².